The van der Waals surface area contributed by atoms with Crippen LogP contribution in [0.2, 0.25) is 5.02 Å². The number of nitrogens with zero attached hydrogens (tertiary/aromatic N) is 2. The van der Waals surface area contributed by atoms with Gasteiger partial charge in [0.1, 0.15) is 29.6 Å². The number of aromatic nitrogens is 2. The van der Waals surface area contributed by atoms with E-state index in [-0.39, 0.29) is 24.2 Å². The highest BCUT2D eigenvalue weighted by molar-refractivity contribution is 6.31. The highest BCUT2D eigenvalue weighted by Crippen LogP contribution is 2.38. The zero-order chi connectivity index (χ0) is 32.8. The highest BCUT2D eigenvalue weighted by Gasteiger charge is 2.22. The molecular formula is C35H35ClN2O8. The molecule has 11 heteroatoms. The van der Waals surface area contributed by atoms with E-state index in [0.717, 1.165) is 30.6 Å². The minimum atomic E-state index is -1.12. The molecule has 1 aromatic heterocycles. The summed E-state index contributed by atoms with van der Waals surface area (Å²) in [6.45, 7) is 3.18. The lowest BCUT2D eigenvalue weighted by molar-refractivity contribution is -0.132. The Kier molecular flexibility index (Phi) is 10.2. The predicted octanol–water partition coefficient (Wildman–Crippen LogP) is 6.94. The van der Waals surface area contributed by atoms with Gasteiger partial charge in [0.2, 0.25) is 0 Å². The van der Waals surface area contributed by atoms with Crippen LogP contribution in [0.25, 0.3) is 17.3 Å². The number of halogens is 1. The number of fused-ring (bicyclic) bond motifs is 1. The minimum Gasteiger partial charge on any atom is -0.497 e. The molecule has 0 unspecified atom stereocenters. The molecule has 0 atom stereocenters. The molecule has 0 saturated carbocycles. The third kappa shape index (κ3) is 7.13. The molecule has 0 spiro atoms. The molecule has 1 aliphatic heterocycles. The molecule has 10 nitrogen and oxygen atoms in total. The van der Waals surface area contributed by atoms with Gasteiger partial charge < -0.3 is 29.2 Å². The number of hydrogen-bond acceptors (Lipinski definition) is 7. The van der Waals surface area contributed by atoms with Crippen LogP contribution in [0.5, 0.6) is 23.0 Å². The van der Waals surface area contributed by atoms with Crippen LogP contribution in [0.4, 0.5) is 0 Å². The summed E-state index contributed by atoms with van der Waals surface area (Å²) in [7, 11) is 3.10. The monoisotopic (exact) mass is 646 g/mol. The summed E-state index contributed by atoms with van der Waals surface area (Å²) in [6, 6.07) is 13.7. The molecule has 3 aromatic carbocycles. The van der Waals surface area contributed by atoms with Crippen molar-refractivity contribution in [2.24, 2.45) is 0 Å². The Labute approximate surface area is 271 Å². The number of aromatic carboxylic acids is 1. The van der Waals surface area contributed by atoms with E-state index in [4.69, 9.17) is 30.5 Å². The Morgan fingerprint density at radius 3 is 2.59 bits per heavy atom. The molecule has 0 saturated heterocycles. The summed E-state index contributed by atoms with van der Waals surface area (Å²) >= 11 is 6.05. The summed E-state index contributed by atoms with van der Waals surface area (Å²) in [5, 5.41) is 25.0. The van der Waals surface area contributed by atoms with E-state index in [1.807, 2.05) is 22.9 Å². The summed E-state index contributed by atoms with van der Waals surface area (Å²) in [5.74, 6) is 0.0788. The number of carboxylic acid groups (broad SMARTS) is 2. The average Bonchev–Trinajstić information content (AvgIpc) is 3.68. The maximum absolute atomic E-state index is 12.6. The van der Waals surface area contributed by atoms with Crippen LogP contribution in [0, 0.1) is 0 Å². The quantitative estimate of drug-likeness (QED) is 0.140. The molecule has 0 bridgehead atoms. The van der Waals surface area contributed by atoms with E-state index in [9.17, 15) is 19.8 Å². The van der Waals surface area contributed by atoms with Crippen molar-refractivity contribution in [3.63, 3.8) is 0 Å². The Balaban J connectivity index is 1.58. The fourth-order valence-corrected chi connectivity index (χ4v) is 5.58. The van der Waals surface area contributed by atoms with Gasteiger partial charge in [0.25, 0.3) is 0 Å². The molecule has 2 N–H and O–H groups in total. The fraction of sp³-hybridized carbons (Fsp3) is 0.286. The van der Waals surface area contributed by atoms with E-state index in [2.05, 4.69) is 12.0 Å². The van der Waals surface area contributed by atoms with Crippen molar-refractivity contribution in [2.75, 3.05) is 20.8 Å². The molecule has 2 heterocycles. The molecule has 240 valence electrons. The number of ether oxygens (including phenoxy) is 4. The number of benzene rings is 3. The normalized spacial score (nSPS) is 12.4. The zero-order valence-corrected chi connectivity index (χ0v) is 26.6. The Hall–Kier alpha value is -4.96. The van der Waals surface area contributed by atoms with Gasteiger partial charge in [-0.15, -0.1) is 0 Å². The van der Waals surface area contributed by atoms with Crippen LogP contribution in [-0.4, -0.2) is 52.8 Å². The number of aryl methyl sites for hydroxylation is 1. The van der Waals surface area contributed by atoms with Crippen molar-refractivity contribution in [3.8, 4) is 34.3 Å². The molecule has 0 radical (unpaired) electrons. The van der Waals surface area contributed by atoms with Crippen LogP contribution in [0.3, 0.4) is 0 Å². The van der Waals surface area contributed by atoms with Crippen molar-refractivity contribution in [3.05, 3.63) is 93.1 Å². The third-order valence-corrected chi connectivity index (χ3v) is 8.03. The van der Waals surface area contributed by atoms with E-state index in [1.54, 1.807) is 43.6 Å². The zero-order valence-electron chi connectivity index (χ0n) is 25.8. The second-order valence-corrected chi connectivity index (χ2v) is 11.2. The second kappa shape index (κ2) is 14.4. The number of aliphatic carboxylic acids is 1. The summed E-state index contributed by atoms with van der Waals surface area (Å²) < 4.78 is 24.9. The Morgan fingerprint density at radius 2 is 1.87 bits per heavy atom. The lowest BCUT2D eigenvalue weighted by atomic mass is 9.98. The number of hydrogen-bond donors (Lipinski definition) is 2. The smallest absolute Gasteiger partial charge is 0.336 e. The van der Waals surface area contributed by atoms with Crippen molar-refractivity contribution < 1.29 is 38.7 Å². The van der Waals surface area contributed by atoms with E-state index in [1.165, 1.54) is 13.2 Å². The van der Waals surface area contributed by atoms with Crippen LogP contribution < -0.4 is 18.9 Å². The highest BCUT2D eigenvalue weighted by atomic mass is 35.5. The number of unbranched alkanes of at least 4 members (excludes halogenated alkanes) is 1. The molecule has 5 rings (SSSR count). The van der Waals surface area contributed by atoms with Gasteiger partial charge in [-0.05, 0) is 48.9 Å². The lowest BCUT2D eigenvalue weighted by Gasteiger charge is -2.17. The molecule has 0 amide bonds. The van der Waals surface area contributed by atoms with Crippen LogP contribution in [0.1, 0.15) is 52.4 Å². The average molecular weight is 647 g/mol. The van der Waals surface area contributed by atoms with E-state index in [0.29, 0.717) is 63.4 Å². The van der Waals surface area contributed by atoms with Crippen LogP contribution >= 0.6 is 11.6 Å². The maximum Gasteiger partial charge on any atom is 0.336 e. The third-order valence-electron chi connectivity index (χ3n) is 7.80. The molecule has 1 aliphatic rings. The van der Waals surface area contributed by atoms with Crippen molar-refractivity contribution in [1.82, 2.24) is 9.78 Å². The first-order valence-corrected chi connectivity index (χ1v) is 15.2. The van der Waals surface area contributed by atoms with Gasteiger partial charge in [-0.25, -0.2) is 9.59 Å². The van der Waals surface area contributed by atoms with Gasteiger partial charge in [-0.3, -0.25) is 4.68 Å². The topological polar surface area (TPSA) is 129 Å². The van der Waals surface area contributed by atoms with Crippen molar-refractivity contribution in [2.45, 2.75) is 45.8 Å². The molecular weight excluding hydrogens is 612 g/mol. The summed E-state index contributed by atoms with van der Waals surface area (Å²) in [6.07, 6.45) is 5.90. The SMILES string of the molecule is CCCCn1ncc(C=C(Cc2cc3c(cc2OC)CCO3)C(=O)O)c1-c1ccc(OC)cc1OCc1ccc(Cl)cc1C(=O)O. The maximum atomic E-state index is 12.6. The van der Waals surface area contributed by atoms with Crippen LogP contribution in [-0.2, 0) is 30.8 Å². The van der Waals surface area contributed by atoms with Gasteiger partial charge in [-0.2, -0.15) is 5.10 Å². The summed E-state index contributed by atoms with van der Waals surface area (Å²) in [5.41, 5.74) is 4.21. The Bertz CT molecular complexity index is 1800. The van der Waals surface area contributed by atoms with Crippen molar-refractivity contribution in [1.29, 1.82) is 0 Å². The van der Waals surface area contributed by atoms with Gasteiger partial charge in [0.05, 0.1) is 38.3 Å². The first kappa shape index (κ1) is 32.4. The fourth-order valence-electron chi connectivity index (χ4n) is 5.41. The predicted molar refractivity (Wildman–Crippen MR) is 173 cm³/mol. The van der Waals surface area contributed by atoms with Gasteiger partial charge in [0, 0.05) is 63.9 Å². The minimum absolute atomic E-state index is 0.0343. The number of carbonyl (C=O) groups is 2. The first-order valence-electron chi connectivity index (χ1n) is 14.9. The number of methoxy groups -OCH3 is 2. The van der Waals surface area contributed by atoms with Gasteiger partial charge in [0.15, 0.2) is 0 Å². The Morgan fingerprint density at radius 1 is 1.04 bits per heavy atom. The van der Waals surface area contributed by atoms with Crippen molar-refractivity contribution >= 4 is 29.6 Å². The van der Waals surface area contributed by atoms with E-state index < -0.39 is 11.9 Å². The lowest BCUT2D eigenvalue weighted by Crippen LogP contribution is -2.08. The molecule has 0 aliphatic carbocycles. The van der Waals surface area contributed by atoms with Gasteiger partial charge in [-0.1, -0.05) is 31.0 Å². The second-order valence-electron chi connectivity index (χ2n) is 10.8. The standard InChI is InChI=1S/C35H35ClN2O8/c1-4-5-11-38-33(28-9-8-27(43-2)18-32(28)46-20-22-6-7-26(36)17-29(22)35(41)42)25(19-37-38)14-24(34(39)40)13-23-16-31-21(10-12-45-31)15-30(23)44-3/h6-9,14-19H,4-5,10-13,20H2,1-3H3,(H,39,40)(H,41,42). The largest absolute Gasteiger partial charge is 0.497 e. The van der Waals surface area contributed by atoms with Gasteiger partial charge >= 0.3 is 11.9 Å². The summed E-state index contributed by atoms with van der Waals surface area (Å²) in [4.78, 5) is 24.5. The molecule has 46 heavy (non-hydrogen) atoms. The molecule has 0 fully saturated rings. The first-order chi connectivity index (χ1) is 22.2. The number of carboxylic acids is 2. The molecule has 4 aromatic rings. The number of rotatable bonds is 14. The van der Waals surface area contributed by atoms with Crippen LogP contribution in [0.15, 0.2) is 60.3 Å². The van der Waals surface area contributed by atoms with E-state index >= 15 is 0 Å².